The van der Waals surface area contributed by atoms with E-state index < -0.39 is 15.1 Å². The van der Waals surface area contributed by atoms with Crippen molar-refractivity contribution in [1.82, 2.24) is 4.90 Å². The van der Waals surface area contributed by atoms with Crippen LogP contribution in [0.3, 0.4) is 0 Å². The van der Waals surface area contributed by atoms with Gasteiger partial charge in [0.2, 0.25) is 0 Å². The molecule has 1 heterocycles. The molecule has 110 valence electrons. The highest BCUT2D eigenvalue weighted by Gasteiger charge is 2.66. The molecule has 1 fully saturated rings. The molecule has 0 spiro atoms. The normalized spacial score (nSPS) is 21.7. The zero-order valence-corrected chi connectivity index (χ0v) is 11.1. The third kappa shape index (κ3) is 3.82. The van der Waals surface area contributed by atoms with Crippen LogP contribution in [0.25, 0.3) is 0 Å². The summed E-state index contributed by atoms with van der Waals surface area (Å²) in [5, 5.41) is 0. The van der Waals surface area contributed by atoms with Gasteiger partial charge in [-0.05, 0) is 37.6 Å². The molecule has 0 N–H and O–H groups in total. The molecule has 0 aromatic heterocycles. The van der Waals surface area contributed by atoms with Crippen molar-refractivity contribution < 1.29 is 19.4 Å². The summed E-state index contributed by atoms with van der Waals surface area (Å²) in [5.74, 6) is 0. The van der Waals surface area contributed by atoms with Crippen molar-refractivity contribution in [2.24, 2.45) is 0 Å². The first-order valence-corrected chi connectivity index (χ1v) is 8.06. The van der Waals surface area contributed by atoms with E-state index in [1.807, 2.05) is 0 Å². The van der Waals surface area contributed by atoms with Gasteiger partial charge >= 0.3 is 10.2 Å². The predicted octanol–water partition coefficient (Wildman–Crippen LogP) is 5.33. The van der Waals surface area contributed by atoms with Gasteiger partial charge in [-0.25, -0.2) is 0 Å². The third-order valence-corrected chi connectivity index (χ3v) is 4.46. The lowest BCUT2D eigenvalue weighted by Crippen LogP contribution is -2.29. The Labute approximate surface area is 109 Å². The minimum absolute atomic E-state index is 0.0677. The summed E-state index contributed by atoms with van der Waals surface area (Å²) in [6, 6.07) is 4.00. The summed E-state index contributed by atoms with van der Waals surface area (Å²) >= 11 is 0. The highest BCUT2D eigenvalue weighted by atomic mass is 32.5. The van der Waals surface area contributed by atoms with Crippen LogP contribution in [-0.4, -0.2) is 18.0 Å². The smallest absolute Gasteiger partial charge is 0.299 e. The number of rotatable bonds is 3. The Bertz CT molecular complexity index is 464. The quantitative estimate of drug-likeness (QED) is 0.682. The van der Waals surface area contributed by atoms with Crippen molar-refractivity contribution in [1.29, 1.82) is 0 Å². The van der Waals surface area contributed by atoms with Crippen LogP contribution in [0.15, 0.2) is 29.2 Å². The van der Waals surface area contributed by atoms with Crippen LogP contribution in [-0.2, 0) is 6.54 Å². The number of halogens is 5. The summed E-state index contributed by atoms with van der Waals surface area (Å²) in [6.45, 7) is 1.26. The molecular weight excluding hydrogens is 285 g/mol. The second kappa shape index (κ2) is 4.09. The Kier molecular flexibility index (Phi) is 3.14. The summed E-state index contributed by atoms with van der Waals surface area (Å²) < 4.78 is 64.7. The van der Waals surface area contributed by atoms with Gasteiger partial charge in [-0.15, -0.1) is 0 Å². The molecule has 1 saturated heterocycles. The molecule has 2 rings (SSSR count). The topological polar surface area (TPSA) is 3.24 Å². The lowest BCUT2D eigenvalue weighted by Gasteiger charge is -2.42. The molecule has 0 radical (unpaired) electrons. The largest absolute Gasteiger partial charge is 0.310 e. The van der Waals surface area contributed by atoms with Gasteiger partial charge in [0.25, 0.3) is 0 Å². The SMILES string of the molecule is FS(F)(F)(F)(F)c1ccccc1CN1CCCCC1. The van der Waals surface area contributed by atoms with E-state index in [4.69, 9.17) is 0 Å². The maximum atomic E-state index is 12.9. The van der Waals surface area contributed by atoms with E-state index in [1.165, 1.54) is 6.07 Å². The minimum atomic E-state index is -9.60. The van der Waals surface area contributed by atoms with Crippen molar-refractivity contribution >= 4 is 10.2 Å². The van der Waals surface area contributed by atoms with E-state index in [1.54, 1.807) is 4.90 Å². The van der Waals surface area contributed by atoms with E-state index >= 15 is 0 Å². The van der Waals surface area contributed by atoms with Gasteiger partial charge in [-0.2, -0.15) is 0 Å². The van der Waals surface area contributed by atoms with Gasteiger partial charge in [0, 0.05) is 6.54 Å². The molecule has 0 bridgehead atoms. The molecule has 1 aromatic rings. The van der Waals surface area contributed by atoms with Crippen molar-refractivity contribution in [3.8, 4) is 0 Å². The summed E-state index contributed by atoms with van der Waals surface area (Å²) in [5.41, 5.74) is -0.330. The molecule has 7 heteroatoms. The molecule has 0 amide bonds. The molecule has 1 aromatic carbocycles. The van der Waals surface area contributed by atoms with Gasteiger partial charge in [-0.3, -0.25) is 4.90 Å². The van der Waals surface area contributed by atoms with E-state index in [-0.39, 0.29) is 12.1 Å². The minimum Gasteiger partial charge on any atom is -0.299 e. The van der Waals surface area contributed by atoms with E-state index in [9.17, 15) is 19.4 Å². The maximum Gasteiger partial charge on any atom is 0.310 e. The maximum absolute atomic E-state index is 12.9. The summed E-state index contributed by atoms with van der Waals surface area (Å²) in [7, 11) is -9.60. The number of hydrogen-bond acceptors (Lipinski definition) is 1. The zero-order chi connectivity index (χ0) is 14.2. The zero-order valence-electron chi connectivity index (χ0n) is 10.3. The van der Waals surface area contributed by atoms with E-state index in [0.29, 0.717) is 19.2 Å². The van der Waals surface area contributed by atoms with Gasteiger partial charge in [0.15, 0.2) is 0 Å². The Balaban J connectivity index is 2.32. The number of hydrogen-bond donors (Lipinski definition) is 0. The van der Waals surface area contributed by atoms with Crippen LogP contribution in [0.2, 0.25) is 0 Å². The Morgan fingerprint density at radius 1 is 0.895 bits per heavy atom. The fraction of sp³-hybridized carbons (Fsp3) is 0.500. The first-order valence-electron chi connectivity index (χ1n) is 6.11. The molecule has 1 aliphatic heterocycles. The van der Waals surface area contributed by atoms with Gasteiger partial charge in [0.1, 0.15) is 4.90 Å². The highest BCUT2D eigenvalue weighted by molar-refractivity contribution is 8.45. The fourth-order valence-corrected chi connectivity index (χ4v) is 3.33. The first-order chi connectivity index (χ1) is 8.56. The molecule has 0 unspecified atom stereocenters. The predicted molar refractivity (Wildman–Crippen MR) is 67.0 cm³/mol. The Morgan fingerprint density at radius 2 is 1.47 bits per heavy atom. The Morgan fingerprint density at radius 3 is 2.05 bits per heavy atom. The molecule has 0 atom stereocenters. The van der Waals surface area contributed by atoms with Crippen LogP contribution >= 0.6 is 10.2 Å². The van der Waals surface area contributed by atoms with Crippen molar-refractivity contribution in [2.45, 2.75) is 30.7 Å². The van der Waals surface area contributed by atoms with Crippen LogP contribution < -0.4 is 0 Å². The van der Waals surface area contributed by atoms with Gasteiger partial charge in [0.05, 0.1) is 0 Å². The summed E-state index contributed by atoms with van der Waals surface area (Å²) in [4.78, 5) is 0.0549. The lowest BCUT2D eigenvalue weighted by atomic mass is 10.1. The highest BCUT2D eigenvalue weighted by Crippen LogP contribution is 3.02. The van der Waals surface area contributed by atoms with Gasteiger partial charge in [-0.1, -0.05) is 44.0 Å². The monoisotopic (exact) mass is 301 g/mol. The second-order valence-electron chi connectivity index (χ2n) is 4.91. The number of nitrogens with zero attached hydrogens (tertiary/aromatic N) is 1. The third-order valence-electron chi connectivity index (χ3n) is 3.23. The number of piperidine rings is 1. The van der Waals surface area contributed by atoms with Crippen LogP contribution in [0.4, 0.5) is 19.4 Å². The molecule has 19 heavy (non-hydrogen) atoms. The first kappa shape index (κ1) is 14.6. The average molecular weight is 301 g/mol. The molecule has 0 aliphatic carbocycles. The van der Waals surface area contributed by atoms with Crippen LogP contribution in [0.5, 0.6) is 0 Å². The van der Waals surface area contributed by atoms with E-state index in [0.717, 1.165) is 31.4 Å². The second-order valence-corrected chi connectivity index (χ2v) is 7.29. The molecule has 1 aliphatic rings. The van der Waals surface area contributed by atoms with Crippen molar-refractivity contribution in [2.75, 3.05) is 13.1 Å². The Hall–Kier alpha value is -0.820. The van der Waals surface area contributed by atoms with Gasteiger partial charge < -0.3 is 0 Å². The molecule has 1 nitrogen and oxygen atoms in total. The molecular formula is C12H16F5NS. The van der Waals surface area contributed by atoms with Crippen LogP contribution in [0, 0.1) is 0 Å². The van der Waals surface area contributed by atoms with Crippen LogP contribution in [0.1, 0.15) is 24.8 Å². The average Bonchev–Trinajstić information content (AvgIpc) is 2.28. The van der Waals surface area contributed by atoms with Crippen molar-refractivity contribution in [3.63, 3.8) is 0 Å². The summed E-state index contributed by atoms with van der Waals surface area (Å²) in [6.07, 6.45) is 2.84. The lowest BCUT2D eigenvalue weighted by molar-refractivity contribution is 0.218. The number of likely N-dealkylation sites (tertiary alicyclic amines) is 1. The molecule has 0 saturated carbocycles. The van der Waals surface area contributed by atoms with E-state index in [2.05, 4.69) is 0 Å². The van der Waals surface area contributed by atoms with Crippen molar-refractivity contribution in [3.05, 3.63) is 29.8 Å². The fourth-order valence-electron chi connectivity index (χ4n) is 2.37. The number of benzene rings is 1. The standard InChI is InChI=1S/C12H16F5NS/c13-19(14,15,16,17)12-7-3-2-6-11(12)10-18-8-4-1-5-9-18/h2-3,6-7H,1,4-5,8-10H2.